The smallest absolute Gasteiger partial charge is 0.0723 e. The van der Waals surface area contributed by atoms with Gasteiger partial charge in [-0.05, 0) is 86.4 Å². The Labute approximate surface area is 123 Å². The zero-order valence-electron chi connectivity index (χ0n) is 13.1. The van der Waals surface area contributed by atoms with Crippen LogP contribution in [0.3, 0.4) is 0 Å². The van der Waals surface area contributed by atoms with Gasteiger partial charge < -0.3 is 5.11 Å². The van der Waals surface area contributed by atoms with E-state index in [0.29, 0.717) is 5.41 Å². The fraction of sp³-hybridized carbons (Fsp3) is 0.895. The van der Waals surface area contributed by atoms with E-state index >= 15 is 0 Å². The van der Waals surface area contributed by atoms with E-state index in [1.54, 1.807) is 5.57 Å². The molecule has 0 radical (unpaired) electrons. The molecule has 0 aliphatic heterocycles. The molecule has 0 bridgehead atoms. The van der Waals surface area contributed by atoms with Crippen LogP contribution in [-0.2, 0) is 0 Å². The molecule has 4 aliphatic rings. The van der Waals surface area contributed by atoms with E-state index in [2.05, 4.69) is 19.9 Å². The van der Waals surface area contributed by atoms with Gasteiger partial charge in [-0.15, -0.1) is 0 Å². The number of aliphatic hydroxyl groups is 1. The first kappa shape index (κ1) is 13.4. The summed E-state index contributed by atoms with van der Waals surface area (Å²) in [6.45, 7) is 5.10. The quantitative estimate of drug-likeness (QED) is 0.642. The number of aliphatic hydroxyl groups excluding tert-OH is 1. The Kier molecular flexibility index (Phi) is 3.07. The summed E-state index contributed by atoms with van der Waals surface area (Å²) in [7, 11) is 0. The lowest BCUT2D eigenvalue weighted by molar-refractivity contribution is -0.0212. The number of rotatable bonds is 0. The summed E-state index contributed by atoms with van der Waals surface area (Å²) in [6.07, 6.45) is 12.9. The van der Waals surface area contributed by atoms with Gasteiger partial charge in [-0.25, -0.2) is 0 Å². The minimum atomic E-state index is -0.141. The topological polar surface area (TPSA) is 20.2 Å². The Bertz CT molecular complexity index is 425. The number of allylic oxidation sites excluding steroid dienone is 1. The Morgan fingerprint density at radius 3 is 2.75 bits per heavy atom. The molecule has 4 unspecified atom stereocenters. The average Bonchev–Trinajstić information content (AvgIpc) is 2.74. The summed E-state index contributed by atoms with van der Waals surface area (Å²) in [5.41, 5.74) is 2.27. The molecule has 3 fully saturated rings. The van der Waals surface area contributed by atoms with E-state index in [-0.39, 0.29) is 6.10 Å². The molecular weight excluding hydrogens is 244 g/mol. The van der Waals surface area contributed by atoms with Gasteiger partial charge >= 0.3 is 0 Å². The van der Waals surface area contributed by atoms with E-state index in [0.717, 1.165) is 36.0 Å². The van der Waals surface area contributed by atoms with Crippen molar-refractivity contribution in [2.24, 2.45) is 35.0 Å². The summed E-state index contributed by atoms with van der Waals surface area (Å²) < 4.78 is 0. The highest BCUT2D eigenvalue weighted by Crippen LogP contribution is 2.63. The van der Waals surface area contributed by atoms with Gasteiger partial charge in [-0.2, -0.15) is 0 Å². The van der Waals surface area contributed by atoms with Crippen molar-refractivity contribution in [1.82, 2.24) is 0 Å². The summed E-state index contributed by atoms with van der Waals surface area (Å²) in [4.78, 5) is 0. The van der Waals surface area contributed by atoms with Crippen molar-refractivity contribution in [1.29, 1.82) is 0 Å². The third kappa shape index (κ3) is 1.78. The van der Waals surface area contributed by atoms with Gasteiger partial charge in [0, 0.05) is 0 Å². The van der Waals surface area contributed by atoms with Gasteiger partial charge in [0.1, 0.15) is 0 Å². The predicted octanol–water partition coefficient (Wildman–Crippen LogP) is 4.56. The lowest BCUT2D eigenvalue weighted by Gasteiger charge is -2.54. The molecule has 1 N–H and O–H groups in total. The van der Waals surface area contributed by atoms with Gasteiger partial charge in [-0.3, -0.25) is 0 Å². The molecule has 7 atom stereocenters. The van der Waals surface area contributed by atoms with E-state index in [9.17, 15) is 5.11 Å². The second-order valence-corrected chi connectivity index (χ2v) is 8.49. The molecule has 0 saturated heterocycles. The minimum absolute atomic E-state index is 0.141. The van der Waals surface area contributed by atoms with Crippen LogP contribution >= 0.6 is 0 Å². The van der Waals surface area contributed by atoms with Crippen molar-refractivity contribution in [3.05, 3.63) is 11.6 Å². The first-order chi connectivity index (χ1) is 9.59. The summed E-state index contributed by atoms with van der Waals surface area (Å²) >= 11 is 0. The Hall–Kier alpha value is -0.300. The van der Waals surface area contributed by atoms with Gasteiger partial charge in [0.15, 0.2) is 0 Å². The maximum absolute atomic E-state index is 9.89. The lowest BCUT2D eigenvalue weighted by Crippen LogP contribution is -2.46. The van der Waals surface area contributed by atoms with Crippen molar-refractivity contribution < 1.29 is 5.11 Å². The highest BCUT2D eigenvalue weighted by molar-refractivity contribution is 5.19. The molecule has 1 heteroatoms. The van der Waals surface area contributed by atoms with E-state index in [4.69, 9.17) is 0 Å². The van der Waals surface area contributed by atoms with Crippen LogP contribution in [0.25, 0.3) is 0 Å². The molecule has 0 aromatic heterocycles. The van der Waals surface area contributed by atoms with Crippen LogP contribution in [0.15, 0.2) is 11.6 Å². The van der Waals surface area contributed by atoms with Crippen molar-refractivity contribution in [2.45, 2.75) is 71.3 Å². The summed E-state index contributed by atoms with van der Waals surface area (Å²) in [6, 6.07) is 0. The SMILES string of the molecule is C[C@H]1CCC2C3CCC4=CC(O)CC[C@@H]4C3CC[C@@]21C. The average molecular weight is 274 g/mol. The summed E-state index contributed by atoms with van der Waals surface area (Å²) in [5, 5.41) is 9.89. The maximum atomic E-state index is 9.89. The third-order valence-corrected chi connectivity index (χ3v) is 7.91. The molecule has 1 nitrogen and oxygen atoms in total. The number of hydrogen-bond acceptors (Lipinski definition) is 1. The van der Waals surface area contributed by atoms with Crippen molar-refractivity contribution >= 4 is 0 Å². The van der Waals surface area contributed by atoms with Crippen LogP contribution in [-0.4, -0.2) is 11.2 Å². The van der Waals surface area contributed by atoms with Crippen LogP contribution in [0.4, 0.5) is 0 Å². The van der Waals surface area contributed by atoms with Gasteiger partial charge in [0.25, 0.3) is 0 Å². The second-order valence-electron chi connectivity index (χ2n) is 8.49. The van der Waals surface area contributed by atoms with Gasteiger partial charge in [0.05, 0.1) is 6.10 Å². The molecule has 0 heterocycles. The fourth-order valence-corrected chi connectivity index (χ4v) is 6.58. The molecule has 0 spiro atoms. The van der Waals surface area contributed by atoms with Crippen molar-refractivity contribution in [3.63, 3.8) is 0 Å². The zero-order chi connectivity index (χ0) is 13.9. The van der Waals surface area contributed by atoms with Crippen LogP contribution in [0, 0.1) is 35.0 Å². The van der Waals surface area contributed by atoms with Crippen molar-refractivity contribution in [2.75, 3.05) is 0 Å². The number of hydrogen-bond donors (Lipinski definition) is 1. The molecule has 3 saturated carbocycles. The third-order valence-electron chi connectivity index (χ3n) is 7.91. The lowest BCUT2D eigenvalue weighted by atomic mass is 9.51. The molecule has 4 aliphatic carbocycles. The standard InChI is InChI=1S/C19H30O/c1-12-3-8-18-17-6-4-13-11-14(20)5-7-15(13)16(17)9-10-19(12,18)2/h11-12,14-18,20H,3-10H2,1-2H3/t12-,14?,15-,16?,17?,18?,19+/m0/s1. The highest BCUT2D eigenvalue weighted by atomic mass is 16.3. The first-order valence-electron chi connectivity index (χ1n) is 8.98. The predicted molar refractivity (Wildman–Crippen MR) is 82.3 cm³/mol. The largest absolute Gasteiger partial charge is 0.389 e. The molecule has 20 heavy (non-hydrogen) atoms. The minimum Gasteiger partial charge on any atom is -0.389 e. The van der Waals surface area contributed by atoms with Crippen LogP contribution < -0.4 is 0 Å². The molecule has 4 rings (SSSR count). The fourth-order valence-electron chi connectivity index (χ4n) is 6.58. The Morgan fingerprint density at radius 1 is 1.05 bits per heavy atom. The molecule has 0 aromatic carbocycles. The Balaban J connectivity index is 1.62. The maximum Gasteiger partial charge on any atom is 0.0723 e. The number of fused-ring (bicyclic) bond motifs is 5. The van der Waals surface area contributed by atoms with Crippen LogP contribution in [0.5, 0.6) is 0 Å². The molecular formula is C19H30O. The summed E-state index contributed by atoms with van der Waals surface area (Å²) in [5.74, 6) is 4.72. The van der Waals surface area contributed by atoms with Crippen LogP contribution in [0.2, 0.25) is 0 Å². The second kappa shape index (κ2) is 4.60. The van der Waals surface area contributed by atoms with E-state index in [1.807, 2.05) is 0 Å². The monoisotopic (exact) mass is 274 g/mol. The molecule has 0 amide bonds. The Morgan fingerprint density at radius 2 is 1.90 bits per heavy atom. The molecule has 112 valence electrons. The normalized spacial score (nSPS) is 54.6. The first-order valence-corrected chi connectivity index (χ1v) is 8.98. The van der Waals surface area contributed by atoms with E-state index < -0.39 is 0 Å². The van der Waals surface area contributed by atoms with E-state index in [1.165, 1.54) is 44.9 Å². The van der Waals surface area contributed by atoms with Gasteiger partial charge in [-0.1, -0.05) is 25.5 Å². The van der Waals surface area contributed by atoms with Crippen LogP contribution in [0.1, 0.15) is 65.2 Å². The zero-order valence-corrected chi connectivity index (χ0v) is 13.1. The highest BCUT2D eigenvalue weighted by Gasteiger charge is 2.54. The van der Waals surface area contributed by atoms with Crippen molar-refractivity contribution in [3.8, 4) is 0 Å². The molecule has 0 aromatic rings. The van der Waals surface area contributed by atoms with Gasteiger partial charge in [0.2, 0.25) is 0 Å².